The molecular weight excluding hydrogens is 254 g/mol. The predicted molar refractivity (Wildman–Crippen MR) is 77.6 cm³/mol. The number of carbonyl (C=O) groups excluding carboxylic acids is 1. The molecule has 1 atom stereocenters. The molecule has 1 unspecified atom stereocenters. The van der Waals surface area contributed by atoms with Crippen LogP contribution in [0.1, 0.15) is 5.56 Å². The summed E-state index contributed by atoms with van der Waals surface area (Å²) in [5, 5.41) is 7.33. The average molecular weight is 273 g/mol. The van der Waals surface area contributed by atoms with Crippen LogP contribution in [0.15, 0.2) is 30.5 Å². The number of para-hydroxylation sites is 1. The molecule has 1 aromatic heterocycles. The molecule has 1 aliphatic rings. The minimum atomic E-state index is -0.216. The summed E-state index contributed by atoms with van der Waals surface area (Å²) in [5.74, 6) is 0.0181. The summed E-state index contributed by atoms with van der Waals surface area (Å²) >= 11 is 0. The number of benzene rings is 1. The fourth-order valence-corrected chi connectivity index (χ4v) is 2.52. The SMILES string of the molecule is O=C(NCCc1c[nH]c2ccccc12)C1COCCN1. The van der Waals surface area contributed by atoms with E-state index < -0.39 is 0 Å². The topological polar surface area (TPSA) is 66.2 Å². The zero-order chi connectivity index (χ0) is 13.8. The van der Waals surface area contributed by atoms with Crippen LogP contribution in [0.2, 0.25) is 0 Å². The van der Waals surface area contributed by atoms with E-state index in [0.29, 0.717) is 19.8 Å². The van der Waals surface area contributed by atoms with Gasteiger partial charge in [-0.1, -0.05) is 18.2 Å². The van der Waals surface area contributed by atoms with Crippen molar-refractivity contribution in [1.82, 2.24) is 15.6 Å². The molecule has 0 aliphatic carbocycles. The minimum absolute atomic E-state index is 0.0181. The molecule has 106 valence electrons. The van der Waals surface area contributed by atoms with E-state index in [9.17, 15) is 4.79 Å². The molecular formula is C15H19N3O2. The van der Waals surface area contributed by atoms with Crippen LogP contribution in [0, 0.1) is 0 Å². The second-order valence-corrected chi connectivity index (χ2v) is 4.98. The Bertz CT molecular complexity index is 588. The van der Waals surface area contributed by atoms with Gasteiger partial charge < -0.3 is 20.4 Å². The van der Waals surface area contributed by atoms with Crippen molar-refractivity contribution in [3.05, 3.63) is 36.0 Å². The molecule has 0 spiro atoms. The van der Waals surface area contributed by atoms with E-state index in [0.717, 1.165) is 18.5 Å². The van der Waals surface area contributed by atoms with Gasteiger partial charge in [-0.15, -0.1) is 0 Å². The van der Waals surface area contributed by atoms with E-state index in [-0.39, 0.29) is 11.9 Å². The van der Waals surface area contributed by atoms with Crippen molar-refractivity contribution >= 4 is 16.8 Å². The Morgan fingerprint density at radius 3 is 3.15 bits per heavy atom. The number of ether oxygens (including phenoxy) is 1. The molecule has 0 saturated carbocycles. The highest BCUT2D eigenvalue weighted by Crippen LogP contribution is 2.17. The van der Waals surface area contributed by atoms with Gasteiger partial charge in [-0.25, -0.2) is 0 Å². The van der Waals surface area contributed by atoms with Gasteiger partial charge >= 0.3 is 0 Å². The fourth-order valence-electron chi connectivity index (χ4n) is 2.52. The smallest absolute Gasteiger partial charge is 0.239 e. The highest BCUT2D eigenvalue weighted by molar-refractivity contribution is 5.84. The van der Waals surface area contributed by atoms with E-state index in [1.54, 1.807) is 0 Å². The van der Waals surface area contributed by atoms with Crippen LogP contribution in [0.5, 0.6) is 0 Å². The van der Waals surface area contributed by atoms with E-state index in [1.807, 2.05) is 18.3 Å². The predicted octanol–water partition coefficient (Wildman–Crippen LogP) is 0.815. The van der Waals surface area contributed by atoms with Crippen molar-refractivity contribution in [2.24, 2.45) is 0 Å². The first-order valence-corrected chi connectivity index (χ1v) is 6.98. The molecule has 20 heavy (non-hydrogen) atoms. The Kier molecular flexibility index (Phi) is 3.99. The maximum Gasteiger partial charge on any atom is 0.239 e. The highest BCUT2D eigenvalue weighted by atomic mass is 16.5. The maximum atomic E-state index is 11.9. The lowest BCUT2D eigenvalue weighted by atomic mass is 10.1. The van der Waals surface area contributed by atoms with Crippen LogP contribution < -0.4 is 10.6 Å². The third kappa shape index (κ3) is 2.84. The van der Waals surface area contributed by atoms with Crippen molar-refractivity contribution in [1.29, 1.82) is 0 Å². The van der Waals surface area contributed by atoms with E-state index in [2.05, 4.69) is 27.8 Å². The summed E-state index contributed by atoms with van der Waals surface area (Å²) in [6.07, 6.45) is 2.84. The monoisotopic (exact) mass is 273 g/mol. The number of amides is 1. The molecule has 1 aliphatic heterocycles. The minimum Gasteiger partial charge on any atom is -0.378 e. The molecule has 5 heteroatoms. The average Bonchev–Trinajstić information content (AvgIpc) is 2.92. The number of carbonyl (C=O) groups is 1. The van der Waals surface area contributed by atoms with E-state index in [1.165, 1.54) is 10.9 Å². The number of rotatable bonds is 4. The van der Waals surface area contributed by atoms with Crippen molar-refractivity contribution in [2.45, 2.75) is 12.5 Å². The van der Waals surface area contributed by atoms with Gasteiger partial charge in [0.25, 0.3) is 0 Å². The summed E-state index contributed by atoms with van der Waals surface area (Å²) in [5.41, 5.74) is 2.37. The second kappa shape index (κ2) is 6.07. The van der Waals surface area contributed by atoms with Gasteiger partial charge in [0.05, 0.1) is 13.2 Å². The number of hydrogen-bond donors (Lipinski definition) is 3. The summed E-state index contributed by atoms with van der Waals surface area (Å²) in [4.78, 5) is 15.2. The molecule has 1 aromatic carbocycles. The van der Waals surface area contributed by atoms with Crippen LogP contribution in [0.25, 0.3) is 10.9 Å². The Hall–Kier alpha value is -1.85. The Morgan fingerprint density at radius 2 is 2.30 bits per heavy atom. The molecule has 3 N–H and O–H groups in total. The molecule has 3 rings (SSSR count). The van der Waals surface area contributed by atoms with Crippen molar-refractivity contribution in [2.75, 3.05) is 26.3 Å². The first-order chi connectivity index (χ1) is 9.84. The van der Waals surface area contributed by atoms with Gasteiger partial charge in [0, 0.05) is 30.2 Å². The number of hydrogen-bond acceptors (Lipinski definition) is 3. The van der Waals surface area contributed by atoms with E-state index in [4.69, 9.17) is 4.74 Å². The number of morpholine rings is 1. The molecule has 2 heterocycles. The number of H-pyrrole nitrogens is 1. The largest absolute Gasteiger partial charge is 0.378 e. The zero-order valence-electron chi connectivity index (χ0n) is 11.3. The normalized spacial score (nSPS) is 19.1. The summed E-state index contributed by atoms with van der Waals surface area (Å²) in [6, 6.07) is 7.98. The molecule has 1 saturated heterocycles. The van der Waals surface area contributed by atoms with Gasteiger partial charge in [-0.3, -0.25) is 4.79 Å². The Balaban J connectivity index is 1.53. The third-order valence-electron chi connectivity index (χ3n) is 3.61. The lowest BCUT2D eigenvalue weighted by Crippen LogP contribution is -2.51. The highest BCUT2D eigenvalue weighted by Gasteiger charge is 2.20. The van der Waals surface area contributed by atoms with Gasteiger partial charge in [0.1, 0.15) is 6.04 Å². The number of nitrogens with one attached hydrogen (secondary N) is 3. The summed E-state index contributed by atoms with van der Waals surface area (Å²) < 4.78 is 5.28. The van der Waals surface area contributed by atoms with Crippen molar-refractivity contribution < 1.29 is 9.53 Å². The van der Waals surface area contributed by atoms with Crippen LogP contribution in [-0.2, 0) is 16.0 Å². The van der Waals surface area contributed by atoms with Crippen LogP contribution >= 0.6 is 0 Å². The lowest BCUT2D eigenvalue weighted by Gasteiger charge is -2.22. The molecule has 1 amide bonds. The molecule has 0 radical (unpaired) electrons. The summed E-state index contributed by atoms with van der Waals surface area (Å²) in [7, 11) is 0. The van der Waals surface area contributed by atoms with Gasteiger partial charge in [-0.05, 0) is 18.1 Å². The Morgan fingerprint density at radius 1 is 1.40 bits per heavy atom. The Labute approximate surface area is 117 Å². The van der Waals surface area contributed by atoms with Gasteiger partial charge in [-0.2, -0.15) is 0 Å². The second-order valence-electron chi connectivity index (χ2n) is 4.98. The third-order valence-corrected chi connectivity index (χ3v) is 3.61. The van der Waals surface area contributed by atoms with Crippen molar-refractivity contribution in [3.63, 3.8) is 0 Å². The quantitative estimate of drug-likeness (QED) is 0.772. The number of fused-ring (bicyclic) bond motifs is 1. The zero-order valence-corrected chi connectivity index (χ0v) is 11.3. The molecule has 5 nitrogen and oxygen atoms in total. The standard InChI is InChI=1S/C15H19N3O2/c19-15(14-10-20-8-7-16-14)17-6-5-11-9-18-13-4-2-1-3-12(11)13/h1-4,9,14,16,18H,5-8,10H2,(H,17,19). The first-order valence-electron chi connectivity index (χ1n) is 6.98. The number of aromatic amines is 1. The van der Waals surface area contributed by atoms with Crippen LogP contribution in [0.3, 0.4) is 0 Å². The maximum absolute atomic E-state index is 11.9. The first kappa shape index (κ1) is 13.1. The number of aromatic nitrogens is 1. The summed E-state index contributed by atoms with van der Waals surface area (Å²) in [6.45, 7) is 2.51. The molecule has 1 fully saturated rings. The van der Waals surface area contributed by atoms with E-state index >= 15 is 0 Å². The lowest BCUT2D eigenvalue weighted by molar-refractivity contribution is -0.125. The molecule has 0 bridgehead atoms. The van der Waals surface area contributed by atoms with Crippen LogP contribution in [-0.4, -0.2) is 43.2 Å². The molecule has 2 aromatic rings. The van der Waals surface area contributed by atoms with Crippen LogP contribution in [0.4, 0.5) is 0 Å². The van der Waals surface area contributed by atoms with Crippen molar-refractivity contribution in [3.8, 4) is 0 Å². The van der Waals surface area contributed by atoms with Gasteiger partial charge in [0.15, 0.2) is 0 Å². The van der Waals surface area contributed by atoms with Gasteiger partial charge in [0.2, 0.25) is 5.91 Å². The fraction of sp³-hybridized carbons (Fsp3) is 0.400.